The zero-order chi connectivity index (χ0) is 12.1. The molecule has 2 heterocycles. The third-order valence-electron chi connectivity index (χ3n) is 2.60. The highest BCUT2D eigenvalue weighted by atomic mass is 35.5. The molecule has 0 saturated carbocycles. The average molecular weight is 259 g/mol. The van der Waals surface area contributed by atoms with E-state index in [9.17, 15) is 0 Å². The van der Waals surface area contributed by atoms with Crippen molar-refractivity contribution in [2.24, 2.45) is 5.92 Å². The molecule has 1 N–H and O–H groups in total. The molecule has 0 aromatic carbocycles. The minimum atomic E-state index is 0.131. The first-order chi connectivity index (χ1) is 8.28. The molecule has 17 heavy (non-hydrogen) atoms. The maximum absolute atomic E-state index is 5.75. The molecule has 1 aromatic heterocycles. The summed E-state index contributed by atoms with van der Waals surface area (Å²) in [6.07, 6.45) is 2.02. The van der Waals surface area contributed by atoms with E-state index in [0.717, 1.165) is 26.1 Å². The van der Waals surface area contributed by atoms with Crippen LogP contribution in [-0.4, -0.2) is 41.8 Å². The van der Waals surface area contributed by atoms with Crippen LogP contribution in [0.4, 0.5) is 5.95 Å². The van der Waals surface area contributed by atoms with E-state index in [0.29, 0.717) is 18.5 Å². The van der Waals surface area contributed by atoms with E-state index in [1.807, 2.05) is 0 Å². The molecule has 1 saturated heterocycles. The van der Waals surface area contributed by atoms with Gasteiger partial charge in [0.05, 0.1) is 6.61 Å². The molecular formula is C10H15ClN4O2. The van der Waals surface area contributed by atoms with Crippen LogP contribution in [0.15, 0.2) is 0 Å². The number of nitrogens with one attached hydrogen (secondary N) is 1. The highest BCUT2D eigenvalue weighted by Crippen LogP contribution is 2.17. The second-order valence-corrected chi connectivity index (χ2v) is 4.17. The SMILES string of the molecule is CNc1nc(Cl)nc(OCC2CCOCC2)n1. The molecular weight excluding hydrogens is 244 g/mol. The third-order valence-corrected chi connectivity index (χ3v) is 2.77. The van der Waals surface area contributed by atoms with Crippen molar-refractivity contribution in [2.45, 2.75) is 12.8 Å². The molecule has 1 aliphatic rings. The molecule has 0 spiro atoms. The number of rotatable bonds is 4. The maximum Gasteiger partial charge on any atom is 0.322 e. The Hall–Kier alpha value is -1.14. The van der Waals surface area contributed by atoms with Crippen LogP contribution in [0.1, 0.15) is 12.8 Å². The highest BCUT2D eigenvalue weighted by Gasteiger charge is 2.15. The number of aromatic nitrogens is 3. The summed E-state index contributed by atoms with van der Waals surface area (Å²) in [5.41, 5.74) is 0. The van der Waals surface area contributed by atoms with Gasteiger partial charge >= 0.3 is 6.01 Å². The Bertz CT molecular complexity index is 371. The van der Waals surface area contributed by atoms with E-state index >= 15 is 0 Å². The first-order valence-electron chi connectivity index (χ1n) is 5.58. The van der Waals surface area contributed by atoms with Gasteiger partial charge in [0.25, 0.3) is 0 Å². The number of halogens is 1. The summed E-state index contributed by atoms with van der Waals surface area (Å²) in [5, 5.41) is 2.93. The minimum Gasteiger partial charge on any atom is -0.463 e. The van der Waals surface area contributed by atoms with Crippen molar-refractivity contribution < 1.29 is 9.47 Å². The number of anilines is 1. The Labute approximate surface area is 105 Å². The normalized spacial score (nSPS) is 16.8. The second-order valence-electron chi connectivity index (χ2n) is 3.83. The zero-order valence-electron chi connectivity index (χ0n) is 9.65. The predicted molar refractivity (Wildman–Crippen MR) is 63.4 cm³/mol. The number of hydrogen-bond acceptors (Lipinski definition) is 6. The van der Waals surface area contributed by atoms with Gasteiger partial charge in [-0.2, -0.15) is 15.0 Å². The van der Waals surface area contributed by atoms with Crippen molar-refractivity contribution >= 4 is 17.5 Å². The van der Waals surface area contributed by atoms with E-state index in [2.05, 4.69) is 20.3 Å². The van der Waals surface area contributed by atoms with Gasteiger partial charge in [0.1, 0.15) is 0 Å². The maximum atomic E-state index is 5.75. The summed E-state index contributed by atoms with van der Waals surface area (Å²) >= 11 is 5.75. The summed E-state index contributed by atoms with van der Waals surface area (Å²) in [5.74, 6) is 0.907. The second kappa shape index (κ2) is 5.97. The van der Waals surface area contributed by atoms with Gasteiger partial charge in [0, 0.05) is 20.3 Å². The van der Waals surface area contributed by atoms with Crippen molar-refractivity contribution in [3.63, 3.8) is 0 Å². The molecule has 6 nitrogen and oxygen atoms in total. The fourth-order valence-corrected chi connectivity index (χ4v) is 1.77. The molecule has 0 aliphatic carbocycles. The summed E-state index contributed by atoms with van der Waals surface area (Å²) in [6, 6.07) is 0.265. The van der Waals surface area contributed by atoms with Crippen molar-refractivity contribution in [1.82, 2.24) is 15.0 Å². The van der Waals surface area contributed by atoms with Crippen LogP contribution in [0.25, 0.3) is 0 Å². The minimum absolute atomic E-state index is 0.131. The Morgan fingerprint density at radius 3 is 2.82 bits per heavy atom. The van der Waals surface area contributed by atoms with Gasteiger partial charge in [-0.05, 0) is 30.4 Å². The molecule has 0 atom stereocenters. The van der Waals surface area contributed by atoms with Crippen LogP contribution in [0.3, 0.4) is 0 Å². The standard InChI is InChI=1S/C10H15ClN4O2/c1-12-9-13-8(11)14-10(15-9)17-6-7-2-4-16-5-3-7/h7H,2-6H2,1H3,(H,12,13,14,15). The Morgan fingerprint density at radius 1 is 1.35 bits per heavy atom. The molecule has 1 aliphatic heterocycles. The largest absolute Gasteiger partial charge is 0.463 e. The molecule has 7 heteroatoms. The lowest BCUT2D eigenvalue weighted by Gasteiger charge is -2.21. The van der Waals surface area contributed by atoms with Crippen molar-refractivity contribution in [3.05, 3.63) is 5.28 Å². The number of hydrogen-bond donors (Lipinski definition) is 1. The quantitative estimate of drug-likeness (QED) is 0.880. The molecule has 94 valence electrons. The molecule has 0 unspecified atom stereocenters. The van der Waals surface area contributed by atoms with Gasteiger partial charge in [0.15, 0.2) is 0 Å². The first-order valence-corrected chi connectivity index (χ1v) is 5.95. The summed E-state index contributed by atoms with van der Waals surface area (Å²) in [6.45, 7) is 2.19. The third kappa shape index (κ3) is 3.67. The number of nitrogens with zero attached hydrogens (tertiary/aromatic N) is 3. The van der Waals surface area contributed by atoms with Gasteiger partial charge < -0.3 is 14.8 Å². The fraction of sp³-hybridized carbons (Fsp3) is 0.700. The lowest BCUT2D eigenvalue weighted by molar-refractivity contribution is 0.0482. The average Bonchev–Trinajstić information content (AvgIpc) is 2.37. The zero-order valence-corrected chi connectivity index (χ0v) is 10.4. The first kappa shape index (κ1) is 12.3. The van der Waals surface area contributed by atoms with Crippen molar-refractivity contribution in [2.75, 3.05) is 32.2 Å². The van der Waals surface area contributed by atoms with E-state index in [1.54, 1.807) is 7.05 Å². The van der Waals surface area contributed by atoms with Gasteiger partial charge in [-0.15, -0.1) is 0 Å². The van der Waals surface area contributed by atoms with Gasteiger partial charge in [-0.25, -0.2) is 0 Å². The Kier molecular flexibility index (Phi) is 4.33. The smallest absolute Gasteiger partial charge is 0.322 e. The van der Waals surface area contributed by atoms with Crippen LogP contribution in [0.5, 0.6) is 6.01 Å². The molecule has 1 fully saturated rings. The lowest BCUT2D eigenvalue weighted by atomic mass is 10.0. The molecule has 1 aromatic rings. The van der Waals surface area contributed by atoms with Crippen LogP contribution in [0, 0.1) is 5.92 Å². The lowest BCUT2D eigenvalue weighted by Crippen LogP contribution is -2.22. The topological polar surface area (TPSA) is 69.2 Å². The predicted octanol–water partition coefficient (Wildman–Crippen LogP) is 1.37. The Balaban J connectivity index is 1.91. The van der Waals surface area contributed by atoms with Crippen LogP contribution in [-0.2, 0) is 4.74 Å². The summed E-state index contributed by atoms with van der Waals surface area (Å²) in [4.78, 5) is 11.9. The Morgan fingerprint density at radius 2 is 2.12 bits per heavy atom. The molecule has 2 rings (SSSR count). The van der Waals surface area contributed by atoms with Crippen LogP contribution < -0.4 is 10.1 Å². The van der Waals surface area contributed by atoms with Gasteiger partial charge in [-0.1, -0.05) is 0 Å². The molecule has 0 radical (unpaired) electrons. The molecule has 0 amide bonds. The fourth-order valence-electron chi connectivity index (χ4n) is 1.61. The monoisotopic (exact) mass is 258 g/mol. The van der Waals surface area contributed by atoms with E-state index in [1.165, 1.54) is 0 Å². The summed E-state index contributed by atoms with van der Waals surface area (Å²) < 4.78 is 10.8. The highest BCUT2D eigenvalue weighted by molar-refractivity contribution is 6.28. The van der Waals surface area contributed by atoms with Crippen molar-refractivity contribution in [3.8, 4) is 6.01 Å². The van der Waals surface area contributed by atoms with E-state index in [4.69, 9.17) is 21.1 Å². The van der Waals surface area contributed by atoms with Crippen LogP contribution in [0.2, 0.25) is 5.28 Å². The molecule has 0 bridgehead atoms. The van der Waals surface area contributed by atoms with Crippen molar-refractivity contribution in [1.29, 1.82) is 0 Å². The summed E-state index contributed by atoms with van der Waals surface area (Å²) in [7, 11) is 1.72. The van der Waals surface area contributed by atoms with Gasteiger partial charge in [0.2, 0.25) is 11.2 Å². The van der Waals surface area contributed by atoms with E-state index in [-0.39, 0.29) is 11.3 Å². The number of ether oxygens (including phenoxy) is 2. The van der Waals surface area contributed by atoms with Gasteiger partial charge in [-0.3, -0.25) is 0 Å². The van der Waals surface area contributed by atoms with Crippen LogP contribution >= 0.6 is 11.6 Å². The van der Waals surface area contributed by atoms with E-state index < -0.39 is 0 Å².